The van der Waals surface area contributed by atoms with Gasteiger partial charge in [-0.3, -0.25) is 0 Å². The van der Waals surface area contributed by atoms with Crippen molar-refractivity contribution in [3.05, 3.63) is 35.6 Å². The smallest absolute Gasteiger partial charge is 0.410 e. The van der Waals surface area contributed by atoms with Crippen LogP contribution in [0.1, 0.15) is 39.7 Å². The highest BCUT2D eigenvalue weighted by Crippen LogP contribution is 2.38. The van der Waals surface area contributed by atoms with Crippen molar-refractivity contribution in [2.24, 2.45) is 0 Å². The molecule has 1 aliphatic heterocycles. The quantitative estimate of drug-likeness (QED) is 0.718. The van der Waals surface area contributed by atoms with Gasteiger partial charge >= 0.3 is 6.09 Å². The third-order valence-corrected chi connectivity index (χ3v) is 4.75. The predicted molar refractivity (Wildman–Crippen MR) is 85.8 cm³/mol. The molecule has 2 unspecified atom stereocenters. The maximum atomic E-state index is 13.1. The van der Waals surface area contributed by atoms with Crippen LogP contribution in [0.4, 0.5) is 9.18 Å². The first-order valence-electron chi connectivity index (χ1n) is 7.50. The van der Waals surface area contributed by atoms with E-state index in [-0.39, 0.29) is 22.7 Å². The van der Waals surface area contributed by atoms with Gasteiger partial charge in [-0.2, -0.15) is 0 Å². The molecule has 1 saturated heterocycles. The zero-order chi connectivity index (χ0) is 16.5. The van der Waals surface area contributed by atoms with E-state index >= 15 is 0 Å². The molecule has 2 rings (SSSR count). The van der Waals surface area contributed by atoms with Crippen molar-refractivity contribution < 1.29 is 13.9 Å². The summed E-state index contributed by atoms with van der Waals surface area (Å²) in [5, 5.41) is -0.251. The number of likely N-dealkylation sites (tertiary alicyclic amines) is 1. The highest BCUT2D eigenvalue weighted by atomic mass is 35.5. The van der Waals surface area contributed by atoms with Gasteiger partial charge in [0.1, 0.15) is 11.4 Å². The van der Waals surface area contributed by atoms with Gasteiger partial charge < -0.3 is 9.64 Å². The zero-order valence-corrected chi connectivity index (χ0v) is 14.3. The number of alkyl halides is 1. The van der Waals surface area contributed by atoms with Crippen molar-refractivity contribution in [1.29, 1.82) is 0 Å². The molecule has 1 amide bonds. The highest BCUT2D eigenvalue weighted by Gasteiger charge is 2.41. The molecule has 1 heterocycles. The van der Waals surface area contributed by atoms with Crippen molar-refractivity contribution in [3.8, 4) is 0 Å². The Morgan fingerprint density at radius 2 is 1.95 bits per heavy atom. The fourth-order valence-corrected chi connectivity index (χ4v) is 3.06. The summed E-state index contributed by atoms with van der Waals surface area (Å²) < 4.78 is 18.5. The van der Waals surface area contributed by atoms with Gasteiger partial charge in [-0.05, 0) is 44.9 Å². The molecule has 0 aromatic heterocycles. The van der Waals surface area contributed by atoms with E-state index in [1.807, 2.05) is 20.8 Å². The lowest BCUT2D eigenvalue weighted by Gasteiger charge is -2.43. The fourth-order valence-electron chi connectivity index (χ4n) is 2.66. The van der Waals surface area contributed by atoms with Crippen LogP contribution < -0.4 is 0 Å². The Balaban J connectivity index is 2.09. The Bertz CT molecular complexity index is 541. The molecule has 3 nitrogen and oxygen atoms in total. The fraction of sp³-hybridized carbons (Fsp3) is 0.588. The van der Waals surface area contributed by atoms with Gasteiger partial charge in [0.2, 0.25) is 0 Å². The van der Waals surface area contributed by atoms with Crippen LogP contribution in [0.15, 0.2) is 24.3 Å². The minimum Gasteiger partial charge on any atom is -0.444 e. The van der Waals surface area contributed by atoms with E-state index < -0.39 is 5.60 Å². The summed E-state index contributed by atoms with van der Waals surface area (Å²) in [5.41, 5.74) is 0.197. The molecule has 1 aliphatic rings. The van der Waals surface area contributed by atoms with Crippen LogP contribution in [0.3, 0.4) is 0 Å². The average molecular weight is 328 g/mol. The van der Waals surface area contributed by atoms with Gasteiger partial charge in [0, 0.05) is 18.5 Å². The van der Waals surface area contributed by atoms with Crippen molar-refractivity contribution in [1.82, 2.24) is 4.90 Å². The second kappa shape index (κ2) is 6.07. The summed E-state index contributed by atoms with van der Waals surface area (Å²) in [6, 6.07) is 6.44. The van der Waals surface area contributed by atoms with E-state index in [2.05, 4.69) is 6.92 Å². The standard InChI is InChI=1S/C17H23ClFNO2/c1-16(2,3)22-15(21)20-10-9-17(4,14(18)11-20)12-5-7-13(19)8-6-12/h5-8,14H,9-11H2,1-4H3. The van der Waals surface area contributed by atoms with Crippen LogP contribution in [0.5, 0.6) is 0 Å². The average Bonchev–Trinajstić information content (AvgIpc) is 2.40. The molecular formula is C17H23ClFNO2. The Morgan fingerprint density at radius 3 is 2.45 bits per heavy atom. The van der Waals surface area contributed by atoms with Gasteiger partial charge in [0.15, 0.2) is 0 Å². The van der Waals surface area contributed by atoms with Crippen LogP contribution >= 0.6 is 11.6 Å². The van der Waals surface area contributed by atoms with Gasteiger partial charge in [0.05, 0.1) is 5.38 Å². The van der Waals surface area contributed by atoms with Crippen molar-refractivity contribution >= 4 is 17.7 Å². The first kappa shape index (κ1) is 17.1. The summed E-state index contributed by atoms with van der Waals surface area (Å²) >= 11 is 6.57. The Hall–Kier alpha value is -1.29. The Morgan fingerprint density at radius 1 is 1.36 bits per heavy atom. The number of hydrogen-bond acceptors (Lipinski definition) is 2. The number of carbonyl (C=O) groups excluding carboxylic acids is 1. The molecule has 0 saturated carbocycles. The van der Waals surface area contributed by atoms with Gasteiger partial charge in [-0.1, -0.05) is 19.1 Å². The maximum absolute atomic E-state index is 13.1. The SMILES string of the molecule is CC(C)(C)OC(=O)N1CCC(C)(c2ccc(F)cc2)C(Cl)C1. The zero-order valence-electron chi connectivity index (χ0n) is 13.5. The van der Waals surface area contributed by atoms with Crippen LogP contribution in [0.25, 0.3) is 0 Å². The van der Waals surface area contributed by atoms with E-state index in [0.29, 0.717) is 19.5 Å². The second-order valence-corrected chi connectivity index (χ2v) is 7.60. The number of rotatable bonds is 1. The van der Waals surface area contributed by atoms with E-state index in [4.69, 9.17) is 16.3 Å². The number of piperidine rings is 1. The number of amides is 1. The minimum absolute atomic E-state index is 0.251. The summed E-state index contributed by atoms with van der Waals surface area (Å²) in [6.07, 6.45) is 0.380. The molecule has 0 spiro atoms. The molecule has 5 heteroatoms. The number of carbonyl (C=O) groups is 1. The monoisotopic (exact) mass is 327 g/mol. The summed E-state index contributed by atoms with van der Waals surface area (Å²) in [5.74, 6) is -0.260. The summed E-state index contributed by atoms with van der Waals surface area (Å²) in [7, 11) is 0. The Kier molecular flexibility index (Phi) is 4.71. The van der Waals surface area contributed by atoms with Crippen molar-refractivity contribution in [3.63, 3.8) is 0 Å². The highest BCUT2D eigenvalue weighted by molar-refractivity contribution is 6.22. The van der Waals surface area contributed by atoms with E-state index in [1.54, 1.807) is 17.0 Å². The van der Waals surface area contributed by atoms with Gasteiger partial charge in [-0.15, -0.1) is 11.6 Å². The lowest BCUT2D eigenvalue weighted by atomic mass is 9.74. The molecular weight excluding hydrogens is 305 g/mol. The minimum atomic E-state index is -0.517. The number of benzene rings is 1. The summed E-state index contributed by atoms with van der Waals surface area (Å²) in [6.45, 7) is 8.58. The summed E-state index contributed by atoms with van der Waals surface area (Å²) in [4.78, 5) is 13.8. The third kappa shape index (κ3) is 3.72. The maximum Gasteiger partial charge on any atom is 0.410 e. The number of halogens is 2. The number of nitrogens with zero attached hydrogens (tertiary/aromatic N) is 1. The topological polar surface area (TPSA) is 29.5 Å². The molecule has 1 aromatic carbocycles. The van der Waals surface area contributed by atoms with Crippen LogP contribution in [-0.2, 0) is 10.2 Å². The number of ether oxygens (including phenoxy) is 1. The molecule has 0 radical (unpaired) electrons. The lowest BCUT2D eigenvalue weighted by molar-refractivity contribution is 0.0177. The molecule has 1 aromatic rings. The van der Waals surface area contributed by atoms with Crippen LogP contribution in [-0.4, -0.2) is 35.1 Å². The van der Waals surface area contributed by atoms with Gasteiger partial charge in [0.25, 0.3) is 0 Å². The van der Waals surface area contributed by atoms with E-state index in [0.717, 1.165) is 5.56 Å². The van der Waals surface area contributed by atoms with Crippen molar-refractivity contribution in [2.45, 2.75) is 50.5 Å². The molecule has 2 atom stereocenters. The molecule has 122 valence electrons. The van der Waals surface area contributed by atoms with Crippen molar-refractivity contribution in [2.75, 3.05) is 13.1 Å². The first-order valence-corrected chi connectivity index (χ1v) is 7.93. The van der Waals surface area contributed by atoms with Crippen LogP contribution in [0, 0.1) is 5.82 Å². The third-order valence-electron chi connectivity index (χ3n) is 4.13. The molecule has 1 fully saturated rings. The molecule has 0 N–H and O–H groups in total. The number of hydrogen-bond donors (Lipinski definition) is 0. The molecule has 0 bridgehead atoms. The molecule has 22 heavy (non-hydrogen) atoms. The van der Waals surface area contributed by atoms with Crippen LogP contribution in [0.2, 0.25) is 0 Å². The largest absolute Gasteiger partial charge is 0.444 e. The van der Waals surface area contributed by atoms with E-state index in [9.17, 15) is 9.18 Å². The molecule has 0 aliphatic carbocycles. The second-order valence-electron chi connectivity index (χ2n) is 7.07. The predicted octanol–water partition coefficient (Wildman–Crippen LogP) is 4.33. The van der Waals surface area contributed by atoms with Gasteiger partial charge in [-0.25, -0.2) is 9.18 Å². The normalized spacial score (nSPS) is 25.9. The first-order chi connectivity index (χ1) is 10.1. The lowest BCUT2D eigenvalue weighted by Crippen LogP contribution is -2.52. The Labute approximate surface area is 136 Å². The van der Waals surface area contributed by atoms with E-state index in [1.165, 1.54) is 12.1 Å².